The van der Waals surface area contributed by atoms with Crippen LogP contribution in [0.25, 0.3) is 11.4 Å². The van der Waals surface area contributed by atoms with E-state index in [2.05, 4.69) is 4.98 Å². The van der Waals surface area contributed by atoms with E-state index in [1.165, 1.54) is 16.4 Å². The zero-order chi connectivity index (χ0) is 17.9. The van der Waals surface area contributed by atoms with Gasteiger partial charge in [-0.3, -0.25) is 0 Å². The first-order valence-corrected chi connectivity index (χ1v) is 9.55. The Hall–Kier alpha value is -2.60. The molecule has 5 nitrogen and oxygen atoms in total. The molecule has 0 N–H and O–H groups in total. The number of imidazole rings is 1. The van der Waals surface area contributed by atoms with Crippen LogP contribution in [-0.2, 0) is 10.0 Å². The smallest absolute Gasteiger partial charge is 0.269 e. The highest BCUT2D eigenvalue weighted by Crippen LogP contribution is 2.26. The van der Waals surface area contributed by atoms with Crippen LogP contribution >= 0.6 is 0 Å². The minimum atomic E-state index is -3.71. The molecular weight excluding hydrogens is 336 g/mol. The summed E-state index contributed by atoms with van der Waals surface area (Å²) < 4.78 is 32.7. The van der Waals surface area contributed by atoms with Gasteiger partial charge in [-0.05, 0) is 37.6 Å². The summed E-state index contributed by atoms with van der Waals surface area (Å²) in [6, 6.07) is 14.1. The maximum absolute atomic E-state index is 12.9. The monoisotopic (exact) mass is 356 g/mol. The normalized spacial score (nSPS) is 11.4. The Morgan fingerprint density at radius 2 is 1.88 bits per heavy atom. The zero-order valence-electron chi connectivity index (χ0n) is 14.2. The van der Waals surface area contributed by atoms with E-state index in [4.69, 9.17) is 4.74 Å². The van der Waals surface area contributed by atoms with Gasteiger partial charge in [0.15, 0.2) is 5.82 Å². The van der Waals surface area contributed by atoms with Gasteiger partial charge in [-0.2, -0.15) is 0 Å². The minimum Gasteiger partial charge on any atom is -0.494 e. The van der Waals surface area contributed by atoms with Crippen molar-refractivity contribution >= 4 is 10.0 Å². The molecule has 0 radical (unpaired) electrons. The van der Waals surface area contributed by atoms with Crippen molar-refractivity contribution in [2.45, 2.75) is 25.2 Å². The number of aryl methyl sites for hydroxylation is 1. The van der Waals surface area contributed by atoms with Crippen LogP contribution in [0.5, 0.6) is 5.75 Å². The summed E-state index contributed by atoms with van der Waals surface area (Å²) in [4.78, 5) is 4.48. The van der Waals surface area contributed by atoms with Crippen LogP contribution < -0.4 is 4.74 Å². The van der Waals surface area contributed by atoms with Crippen LogP contribution in [0, 0.1) is 6.92 Å². The number of hydrogen-bond donors (Lipinski definition) is 0. The second kappa shape index (κ2) is 7.11. The van der Waals surface area contributed by atoms with E-state index in [1.54, 1.807) is 30.3 Å². The van der Waals surface area contributed by atoms with Gasteiger partial charge in [0.25, 0.3) is 10.0 Å². The van der Waals surface area contributed by atoms with Crippen molar-refractivity contribution in [1.29, 1.82) is 0 Å². The van der Waals surface area contributed by atoms with Gasteiger partial charge < -0.3 is 4.74 Å². The summed E-state index contributed by atoms with van der Waals surface area (Å²) in [5, 5.41) is 0. The molecule has 1 heterocycles. The van der Waals surface area contributed by atoms with Gasteiger partial charge in [-0.25, -0.2) is 17.4 Å². The number of ether oxygens (including phenoxy) is 1. The van der Waals surface area contributed by atoms with E-state index < -0.39 is 10.0 Å². The fourth-order valence-corrected chi connectivity index (χ4v) is 3.76. The molecule has 0 saturated heterocycles. The number of benzene rings is 2. The zero-order valence-corrected chi connectivity index (χ0v) is 15.0. The van der Waals surface area contributed by atoms with Crippen LogP contribution in [0.15, 0.2) is 65.8 Å². The fourth-order valence-electron chi connectivity index (χ4n) is 2.46. The summed E-state index contributed by atoms with van der Waals surface area (Å²) in [5.41, 5.74) is 1.69. The Morgan fingerprint density at radius 1 is 1.12 bits per heavy atom. The Kier molecular flexibility index (Phi) is 4.90. The highest BCUT2D eigenvalue weighted by molar-refractivity contribution is 7.90. The molecular formula is C19H20N2O3S. The van der Waals surface area contributed by atoms with E-state index in [1.807, 2.05) is 32.0 Å². The topological polar surface area (TPSA) is 61.2 Å². The van der Waals surface area contributed by atoms with Crippen molar-refractivity contribution in [3.8, 4) is 17.1 Å². The highest BCUT2D eigenvalue weighted by atomic mass is 32.2. The molecule has 130 valence electrons. The van der Waals surface area contributed by atoms with Crippen molar-refractivity contribution < 1.29 is 13.2 Å². The Labute approximate surface area is 148 Å². The molecule has 2 aromatic carbocycles. The molecule has 3 aromatic rings. The Bertz CT molecular complexity index is 960. The van der Waals surface area contributed by atoms with Gasteiger partial charge in [0, 0.05) is 18.0 Å². The first-order valence-electron chi connectivity index (χ1n) is 8.11. The lowest BCUT2D eigenvalue weighted by atomic mass is 10.2. The van der Waals surface area contributed by atoms with E-state index in [-0.39, 0.29) is 4.90 Å². The average molecular weight is 356 g/mol. The molecule has 0 aliphatic heterocycles. The highest BCUT2D eigenvalue weighted by Gasteiger charge is 2.21. The summed E-state index contributed by atoms with van der Waals surface area (Å²) in [5.74, 6) is 1.06. The molecule has 0 atom stereocenters. The van der Waals surface area contributed by atoms with Crippen molar-refractivity contribution in [3.05, 3.63) is 66.5 Å². The predicted octanol–water partition coefficient (Wildman–Crippen LogP) is 3.88. The lowest BCUT2D eigenvalue weighted by Gasteiger charge is -2.11. The lowest BCUT2D eigenvalue weighted by Crippen LogP contribution is -2.13. The number of hydrogen-bond acceptors (Lipinski definition) is 4. The number of rotatable bonds is 6. The molecule has 0 aliphatic carbocycles. The Balaban J connectivity index is 2.02. The van der Waals surface area contributed by atoms with Crippen molar-refractivity contribution in [2.75, 3.05) is 6.61 Å². The van der Waals surface area contributed by atoms with Crippen LogP contribution in [0.4, 0.5) is 0 Å². The average Bonchev–Trinajstić information content (AvgIpc) is 3.11. The summed E-state index contributed by atoms with van der Waals surface area (Å²) in [7, 11) is -3.71. The Morgan fingerprint density at radius 3 is 2.60 bits per heavy atom. The molecule has 0 fully saturated rings. The quantitative estimate of drug-likeness (QED) is 0.672. The maximum Gasteiger partial charge on any atom is 0.269 e. The minimum absolute atomic E-state index is 0.232. The summed E-state index contributed by atoms with van der Waals surface area (Å²) >= 11 is 0. The summed E-state index contributed by atoms with van der Waals surface area (Å²) in [6.45, 7) is 4.56. The van der Waals surface area contributed by atoms with Gasteiger partial charge in [0.2, 0.25) is 0 Å². The second-order valence-corrected chi connectivity index (χ2v) is 7.56. The largest absolute Gasteiger partial charge is 0.494 e. The number of aromatic nitrogens is 2. The third-order valence-corrected chi connectivity index (χ3v) is 5.43. The van der Waals surface area contributed by atoms with Crippen molar-refractivity contribution in [1.82, 2.24) is 8.96 Å². The fraction of sp³-hybridized carbons (Fsp3) is 0.211. The molecule has 3 rings (SSSR count). The number of nitrogens with zero attached hydrogens (tertiary/aromatic N) is 2. The van der Waals surface area contributed by atoms with Crippen LogP contribution in [0.3, 0.4) is 0 Å². The van der Waals surface area contributed by atoms with Gasteiger partial charge in [-0.1, -0.05) is 36.8 Å². The first-order chi connectivity index (χ1) is 12.0. The molecule has 0 unspecified atom stereocenters. The van der Waals surface area contributed by atoms with Gasteiger partial charge in [0.1, 0.15) is 5.75 Å². The van der Waals surface area contributed by atoms with Gasteiger partial charge in [-0.15, -0.1) is 0 Å². The molecule has 0 bridgehead atoms. The molecule has 0 saturated carbocycles. The van der Waals surface area contributed by atoms with Crippen LogP contribution in [0.2, 0.25) is 0 Å². The molecule has 25 heavy (non-hydrogen) atoms. The maximum atomic E-state index is 12.9. The van der Waals surface area contributed by atoms with E-state index in [0.29, 0.717) is 23.7 Å². The van der Waals surface area contributed by atoms with E-state index in [0.717, 1.165) is 12.0 Å². The molecule has 0 aliphatic rings. The van der Waals surface area contributed by atoms with Gasteiger partial charge in [0.05, 0.1) is 11.5 Å². The second-order valence-electron chi connectivity index (χ2n) is 5.74. The van der Waals surface area contributed by atoms with E-state index in [9.17, 15) is 8.42 Å². The third kappa shape index (κ3) is 3.58. The lowest BCUT2D eigenvalue weighted by molar-refractivity contribution is 0.317. The summed E-state index contributed by atoms with van der Waals surface area (Å²) in [6.07, 6.45) is 3.85. The molecule has 0 spiro atoms. The van der Waals surface area contributed by atoms with Crippen LogP contribution in [-0.4, -0.2) is 24.0 Å². The molecule has 1 aromatic heterocycles. The van der Waals surface area contributed by atoms with Crippen molar-refractivity contribution in [2.24, 2.45) is 0 Å². The van der Waals surface area contributed by atoms with Gasteiger partial charge >= 0.3 is 0 Å². The standard InChI is InChI=1S/C19H20N2O3S/c1-3-13-24-17-6-4-5-16(14-17)19-20-11-12-21(19)25(22,23)18-9-7-15(2)8-10-18/h4-12,14H,3,13H2,1-2H3. The molecule has 6 heteroatoms. The third-order valence-electron chi connectivity index (χ3n) is 3.75. The SMILES string of the molecule is CCCOc1cccc(-c2nccn2S(=O)(=O)c2ccc(C)cc2)c1. The molecule has 0 amide bonds. The van der Waals surface area contributed by atoms with E-state index >= 15 is 0 Å². The van der Waals surface area contributed by atoms with Crippen LogP contribution in [0.1, 0.15) is 18.9 Å². The first kappa shape index (κ1) is 17.2. The predicted molar refractivity (Wildman–Crippen MR) is 97.2 cm³/mol. The van der Waals surface area contributed by atoms with Crippen molar-refractivity contribution in [3.63, 3.8) is 0 Å².